The molecule has 3 heterocycles. The molecule has 1 saturated heterocycles. The number of hydrogen-bond donors (Lipinski definition) is 1. The predicted molar refractivity (Wildman–Crippen MR) is 107 cm³/mol. The third-order valence-electron chi connectivity index (χ3n) is 5.29. The maximum absolute atomic E-state index is 12.4. The number of likely N-dealkylation sites (tertiary alicyclic amines) is 1. The van der Waals surface area contributed by atoms with Gasteiger partial charge in [0.15, 0.2) is 11.5 Å². The summed E-state index contributed by atoms with van der Waals surface area (Å²) in [5, 5.41) is 3.16. The van der Waals surface area contributed by atoms with Crippen LogP contribution in [0.15, 0.2) is 62.2 Å². The molecule has 0 spiro atoms. The minimum absolute atomic E-state index is 0.230. The fraction of sp³-hybridized carbons (Fsp3) is 0.300. The van der Waals surface area contributed by atoms with Crippen molar-refractivity contribution in [2.45, 2.75) is 23.7 Å². The van der Waals surface area contributed by atoms with Gasteiger partial charge in [0.1, 0.15) is 16.2 Å². The number of oxazole rings is 1. The summed E-state index contributed by atoms with van der Waals surface area (Å²) in [6.45, 7) is 2.16. The van der Waals surface area contributed by atoms with E-state index >= 15 is 0 Å². The van der Waals surface area contributed by atoms with Gasteiger partial charge in [-0.25, -0.2) is 4.98 Å². The van der Waals surface area contributed by atoms with Gasteiger partial charge in [-0.15, -0.1) is 4.40 Å². The normalized spacial score (nSPS) is 19.8. The van der Waals surface area contributed by atoms with Crippen molar-refractivity contribution in [1.82, 2.24) is 9.88 Å². The number of benzene rings is 2. The smallest absolute Gasteiger partial charge is 0.286 e. The minimum Gasteiger partial charge on any atom is -0.440 e. The van der Waals surface area contributed by atoms with Crippen molar-refractivity contribution in [3.8, 4) is 0 Å². The molecule has 0 saturated carbocycles. The third-order valence-corrected chi connectivity index (χ3v) is 6.67. The number of para-hydroxylation sites is 3. The zero-order valence-corrected chi connectivity index (χ0v) is 16.0. The second-order valence-electron chi connectivity index (χ2n) is 7.20. The SMILES string of the molecule is O=S1(=O)N=C(CN2CCC(c3nc4ccccc4o3)CC2)Nc2ccccc21. The molecule has 0 unspecified atom stereocenters. The highest BCUT2D eigenvalue weighted by Crippen LogP contribution is 2.31. The standard InChI is InChI=1S/C20H20N4O3S/c25-28(26)18-8-4-2-6-16(18)21-19(23-28)13-24-11-9-14(10-12-24)20-22-15-5-1-3-7-17(15)27-20/h1-8,14H,9-13H2,(H,21,23). The number of aromatic nitrogens is 1. The molecule has 3 aromatic rings. The second-order valence-corrected chi connectivity index (χ2v) is 8.78. The lowest BCUT2D eigenvalue weighted by molar-refractivity contribution is 0.224. The van der Waals surface area contributed by atoms with Crippen LogP contribution in [0.2, 0.25) is 0 Å². The molecule has 144 valence electrons. The van der Waals surface area contributed by atoms with Crippen molar-refractivity contribution in [2.75, 3.05) is 25.0 Å². The fourth-order valence-electron chi connectivity index (χ4n) is 3.85. The van der Waals surface area contributed by atoms with Crippen LogP contribution < -0.4 is 5.32 Å². The third kappa shape index (κ3) is 3.18. The molecule has 5 rings (SSSR count). The number of piperidine rings is 1. The van der Waals surface area contributed by atoms with E-state index in [4.69, 9.17) is 4.42 Å². The number of anilines is 1. The van der Waals surface area contributed by atoms with Crippen LogP contribution in [-0.2, 0) is 10.0 Å². The molecule has 7 nitrogen and oxygen atoms in total. The summed E-state index contributed by atoms with van der Waals surface area (Å²) in [6.07, 6.45) is 1.84. The van der Waals surface area contributed by atoms with Crippen LogP contribution in [0, 0.1) is 0 Å². The summed E-state index contributed by atoms with van der Waals surface area (Å²) in [7, 11) is -3.64. The fourth-order valence-corrected chi connectivity index (χ4v) is 4.99. The van der Waals surface area contributed by atoms with E-state index in [1.165, 1.54) is 0 Å². The van der Waals surface area contributed by atoms with Crippen LogP contribution >= 0.6 is 0 Å². The van der Waals surface area contributed by atoms with Crippen LogP contribution in [0.4, 0.5) is 5.69 Å². The number of hydrogen-bond acceptors (Lipinski definition) is 6. The van der Waals surface area contributed by atoms with Gasteiger partial charge < -0.3 is 9.73 Å². The Balaban J connectivity index is 1.26. The highest BCUT2D eigenvalue weighted by Gasteiger charge is 2.28. The largest absolute Gasteiger partial charge is 0.440 e. The lowest BCUT2D eigenvalue weighted by Crippen LogP contribution is -2.40. The Labute approximate surface area is 163 Å². The van der Waals surface area contributed by atoms with Crippen LogP contribution in [0.3, 0.4) is 0 Å². The van der Waals surface area contributed by atoms with E-state index in [0.717, 1.165) is 42.9 Å². The Morgan fingerprint density at radius 3 is 2.64 bits per heavy atom. The number of nitrogens with one attached hydrogen (secondary N) is 1. The van der Waals surface area contributed by atoms with Crippen LogP contribution in [0.5, 0.6) is 0 Å². The van der Waals surface area contributed by atoms with Gasteiger partial charge in [-0.1, -0.05) is 24.3 Å². The molecule has 0 bridgehead atoms. The molecule has 1 fully saturated rings. The lowest BCUT2D eigenvalue weighted by Gasteiger charge is -2.31. The summed E-state index contributed by atoms with van der Waals surface area (Å²) >= 11 is 0. The van der Waals surface area contributed by atoms with Crippen molar-refractivity contribution < 1.29 is 12.8 Å². The zero-order chi connectivity index (χ0) is 19.1. The Kier molecular flexibility index (Phi) is 4.17. The number of fused-ring (bicyclic) bond motifs is 2. The summed E-state index contributed by atoms with van der Waals surface area (Å²) in [4.78, 5) is 7.07. The molecule has 0 radical (unpaired) electrons. The van der Waals surface area contributed by atoms with Gasteiger partial charge in [0.05, 0.1) is 12.2 Å². The maximum atomic E-state index is 12.4. The zero-order valence-electron chi connectivity index (χ0n) is 15.2. The van der Waals surface area contributed by atoms with E-state index in [1.807, 2.05) is 30.3 Å². The molecular weight excluding hydrogens is 376 g/mol. The topological polar surface area (TPSA) is 87.8 Å². The van der Waals surface area contributed by atoms with Gasteiger partial charge in [-0.2, -0.15) is 8.42 Å². The molecule has 2 aromatic carbocycles. The van der Waals surface area contributed by atoms with Crippen molar-refractivity contribution in [3.63, 3.8) is 0 Å². The molecule has 0 amide bonds. The van der Waals surface area contributed by atoms with E-state index < -0.39 is 10.0 Å². The van der Waals surface area contributed by atoms with Gasteiger partial charge in [0.2, 0.25) is 0 Å². The van der Waals surface area contributed by atoms with Crippen molar-refractivity contribution in [1.29, 1.82) is 0 Å². The average Bonchev–Trinajstić information content (AvgIpc) is 3.12. The van der Waals surface area contributed by atoms with Crippen molar-refractivity contribution >= 4 is 32.6 Å². The Hall–Kier alpha value is -2.71. The van der Waals surface area contributed by atoms with Gasteiger partial charge in [-0.05, 0) is 50.2 Å². The molecule has 8 heteroatoms. The average molecular weight is 396 g/mol. The van der Waals surface area contributed by atoms with Crippen LogP contribution in [0.1, 0.15) is 24.7 Å². The van der Waals surface area contributed by atoms with Gasteiger partial charge in [0.25, 0.3) is 10.0 Å². The first kappa shape index (κ1) is 17.4. The minimum atomic E-state index is -3.64. The Bertz CT molecular complexity index is 1130. The first-order chi connectivity index (χ1) is 13.6. The van der Waals surface area contributed by atoms with Crippen LogP contribution in [0.25, 0.3) is 11.1 Å². The molecular formula is C20H20N4O3S. The lowest BCUT2D eigenvalue weighted by atomic mass is 9.97. The first-order valence-electron chi connectivity index (χ1n) is 9.36. The molecule has 0 atom stereocenters. The summed E-state index contributed by atoms with van der Waals surface area (Å²) in [5.74, 6) is 1.55. The monoisotopic (exact) mass is 396 g/mol. The summed E-state index contributed by atoms with van der Waals surface area (Å²) in [6, 6.07) is 14.7. The van der Waals surface area contributed by atoms with E-state index in [-0.39, 0.29) is 10.8 Å². The highest BCUT2D eigenvalue weighted by atomic mass is 32.2. The molecule has 2 aliphatic heterocycles. The molecule has 2 aliphatic rings. The van der Waals surface area contributed by atoms with Crippen molar-refractivity contribution in [2.24, 2.45) is 4.40 Å². The number of rotatable bonds is 3. The Morgan fingerprint density at radius 1 is 1.07 bits per heavy atom. The Morgan fingerprint density at radius 2 is 1.82 bits per heavy atom. The number of sulfonamides is 1. The quantitative estimate of drug-likeness (QED) is 0.731. The maximum Gasteiger partial charge on any atom is 0.286 e. The second kappa shape index (κ2) is 6.72. The first-order valence-corrected chi connectivity index (χ1v) is 10.8. The van der Waals surface area contributed by atoms with E-state index in [0.29, 0.717) is 18.1 Å². The highest BCUT2D eigenvalue weighted by molar-refractivity contribution is 7.90. The number of amidine groups is 1. The molecule has 28 heavy (non-hydrogen) atoms. The van der Waals surface area contributed by atoms with Gasteiger partial charge in [0, 0.05) is 5.92 Å². The van der Waals surface area contributed by atoms with Gasteiger partial charge in [-0.3, -0.25) is 4.90 Å². The molecule has 1 N–H and O–H groups in total. The van der Waals surface area contributed by atoms with E-state index in [9.17, 15) is 8.42 Å². The van der Waals surface area contributed by atoms with Crippen LogP contribution in [-0.4, -0.2) is 43.8 Å². The molecule has 0 aliphatic carbocycles. The van der Waals surface area contributed by atoms with E-state index in [1.54, 1.807) is 18.2 Å². The molecule has 1 aromatic heterocycles. The van der Waals surface area contributed by atoms with Gasteiger partial charge >= 0.3 is 0 Å². The summed E-state index contributed by atoms with van der Waals surface area (Å²) < 4.78 is 34.6. The predicted octanol–water partition coefficient (Wildman–Crippen LogP) is 3.22. The number of nitrogens with zero attached hydrogens (tertiary/aromatic N) is 3. The summed E-state index contributed by atoms with van der Waals surface area (Å²) in [5.41, 5.74) is 2.31. The van der Waals surface area contributed by atoms with Crippen molar-refractivity contribution in [3.05, 3.63) is 54.4 Å². The van der Waals surface area contributed by atoms with E-state index in [2.05, 4.69) is 19.6 Å².